The molecule has 2 nitrogen and oxygen atoms in total. The van der Waals surface area contributed by atoms with Crippen molar-refractivity contribution < 1.29 is 9.36 Å². The molecule has 0 aromatic rings. The molecule has 0 heterocycles. The molecule has 0 saturated carbocycles. The third-order valence-electron chi connectivity index (χ3n) is 0.498. The van der Waals surface area contributed by atoms with E-state index in [0.717, 1.165) is 6.08 Å². The zero-order chi connectivity index (χ0) is 7.28. The first-order valence-electron chi connectivity index (χ1n) is 2.09. The highest BCUT2D eigenvalue weighted by Gasteiger charge is 2.05. The van der Waals surface area contributed by atoms with Gasteiger partial charge in [-0.15, -0.1) is 0 Å². The van der Waals surface area contributed by atoms with Gasteiger partial charge in [0.05, 0.1) is 0 Å². The van der Waals surface area contributed by atoms with Crippen LogP contribution in [0.4, 0.5) is 0 Å². The van der Waals surface area contributed by atoms with E-state index >= 15 is 0 Å². The second-order valence-corrected chi connectivity index (χ2v) is 3.71. The Morgan fingerprint density at radius 2 is 2.22 bits per heavy atom. The van der Waals surface area contributed by atoms with E-state index < -0.39 is 12.4 Å². The Kier molecular flexibility index (Phi) is 4.97. The minimum Gasteiger partial charge on any atom is -0.276 e. The molecule has 0 aliphatic carbocycles. The van der Waals surface area contributed by atoms with Gasteiger partial charge in [0.15, 0.2) is 6.16 Å². The van der Waals surface area contributed by atoms with Gasteiger partial charge in [-0.25, -0.2) is 0 Å². The molecule has 1 atom stereocenters. The SMILES string of the molecule is O=C(Cl)C=CC[P+](=O)Cl. The standard InChI is InChI=1S/C4H4Cl2O2P/c5-4(7)2-1-3-9(6)8/h1-2H,3H2/q+1. The highest BCUT2D eigenvalue weighted by Crippen LogP contribution is 2.25. The van der Waals surface area contributed by atoms with Crippen molar-refractivity contribution in [3.05, 3.63) is 12.2 Å². The van der Waals surface area contributed by atoms with E-state index in [4.69, 9.17) is 22.8 Å². The van der Waals surface area contributed by atoms with Crippen LogP contribution < -0.4 is 0 Å². The van der Waals surface area contributed by atoms with Gasteiger partial charge in [-0.1, -0.05) is 4.57 Å². The zero-order valence-corrected chi connectivity index (χ0v) is 6.79. The summed E-state index contributed by atoms with van der Waals surface area (Å²) in [7, 11) is -1.71. The van der Waals surface area contributed by atoms with Gasteiger partial charge in [-0.05, 0) is 23.8 Å². The lowest BCUT2D eigenvalue weighted by Gasteiger charge is -1.69. The minimum absolute atomic E-state index is 0.190. The molecule has 0 amide bonds. The van der Waals surface area contributed by atoms with Gasteiger partial charge in [0.1, 0.15) is 0 Å². The van der Waals surface area contributed by atoms with Crippen molar-refractivity contribution in [2.75, 3.05) is 6.16 Å². The Bertz CT molecular complexity index is 155. The molecule has 0 aliphatic rings. The van der Waals surface area contributed by atoms with Crippen LogP contribution in [0.15, 0.2) is 12.2 Å². The number of rotatable bonds is 3. The third-order valence-corrected chi connectivity index (χ3v) is 1.54. The molecule has 0 bridgehead atoms. The fourth-order valence-corrected chi connectivity index (χ4v) is 0.828. The Balaban J connectivity index is 3.48. The largest absolute Gasteiger partial charge is 0.458 e. The molecule has 0 aliphatic heterocycles. The fourth-order valence-electron chi connectivity index (χ4n) is 0.228. The molecule has 0 aromatic carbocycles. The van der Waals surface area contributed by atoms with Crippen molar-refractivity contribution in [3.63, 3.8) is 0 Å². The molecule has 0 fully saturated rings. The Morgan fingerprint density at radius 1 is 1.67 bits per heavy atom. The van der Waals surface area contributed by atoms with Gasteiger partial charge in [0.25, 0.3) is 0 Å². The maximum absolute atomic E-state index is 10.1. The predicted octanol–water partition coefficient (Wildman–Crippen LogP) is 2.29. The molecule has 50 valence electrons. The highest BCUT2D eigenvalue weighted by atomic mass is 35.7. The van der Waals surface area contributed by atoms with Crippen LogP contribution >= 0.6 is 30.0 Å². The number of hydrogen-bond donors (Lipinski definition) is 0. The van der Waals surface area contributed by atoms with Crippen molar-refractivity contribution in [2.45, 2.75) is 0 Å². The van der Waals surface area contributed by atoms with E-state index in [0.29, 0.717) is 0 Å². The fraction of sp³-hybridized carbons (Fsp3) is 0.250. The molecular weight excluding hydrogens is 182 g/mol. The van der Waals surface area contributed by atoms with Gasteiger partial charge in [0, 0.05) is 0 Å². The molecule has 0 spiro atoms. The topological polar surface area (TPSA) is 34.1 Å². The van der Waals surface area contributed by atoms with Crippen LogP contribution in [-0.2, 0) is 9.36 Å². The number of allylic oxidation sites excluding steroid dienone is 2. The maximum Gasteiger partial charge on any atom is 0.458 e. The Labute approximate surface area is 63.4 Å². The monoisotopic (exact) mass is 185 g/mol. The zero-order valence-electron chi connectivity index (χ0n) is 4.38. The Morgan fingerprint density at radius 3 is 2.56 bits per heavy atom. The molecule has 0 rings (SSSR count). The molecule has 0 radical (unpaired) electrons. The summed E-state index contributed by atoms with van der Waals surface area (Å²) in [6.07, 6.45) is 2.69. The summed E-state index contributed by atoms with van der Waals surface area (Å²) in [5, 5.41) is -0.580. The van der Waals surface area contributed by atoms with Crippen LogP contribution in [-0.4, -0.2) is 11.4 Å². The quantitative estimate of drug-likeness (QED) is 0.384. The van der Waals surface area contributed by atoms with Crippen LogP contribution in [0, 0.1) is 0 Å². The van der Waals surface area contributed by atoms with Gasteiger partial charge in [-0.2, -0.15) is 0 Å². The summed E-state index contributed by atoms with van der Waals surface area (Å²) in [5.74, 6) is 0. The predicted molar refractivity (Wildman–Crippen MR) is 38.3 cm³/mol. The van der Waals surface area contributed by atoms with Gasteiger partial charge in [-0.3, -0.25) is 4.79 Å². The van der Waals surface area contributed by atoms with Gasteiger partial charge < -0.3 is 0 Å². The van der Waals surface area contributed by atoms with Gasteiger partial charge in [0.2, 0.25) is 16.5 Å². The van der Waals surface area contributed by atoms with E-state index in [1.165, 1.54) is 6.08 Å². The van der Waals surface area contributed by atoms with Crippen LogP contribution in [0.25, 0.3) is 0 Å². The lowest BCUT2D eigenvalue weighted by Crippen LogP contribution is -1.74. The van der Waals surface area contributed by atoms with E-state index in [2.05, 4.69) is 0 Å². The maximum atomic E-state index is 10.1. The highest BCUT2D eigenvalue weighted by molar-refractivity contribution is 7.73. The summed E-state index contributed by atoms with van der Waals surface area (Å²) in [6.45, 7) is 0. The summed E-state index contributed by atoms with van der Waals surface area (Å²) < 4.78 is 10.1. The smallest absolute Gasteiger partial charge is 0.276 e. The van der Waals surface area contributed by atoms with E-state index in [-0.39, 0.29) is 6.16 Å². The molecular formula is C4H4Cl2O2P+. The Hall–Kier alpha value is 0.0900. The number of halogens is 2. The van der Waals surface area contributed by atoms with E-state index in [9.17, 15) is 9.36 Å². The average Bonchev–Trinajstić information content (AvgIpc) is 1.63. The van der Waals surface area contributed by atoms with Crippen molar-refractivity contribution in [2.24, 2.45) is 0 Å². The summed E-state index contributed by atoms with van der Waals surface area (Å²) in [6, 6.07) is 0. The lowest BCUT2D eigenvalue weighted by atomic mass is 10.6. The lowest BCUT2D eigenvalue weighted by molar-refractivity contribution is -0.107. The molecule has 5 heteroatoms. The summed E-state index contributed by atoms with van der Waals surface area (Å²) in [5.41, 5.74) is 0. The number of carbonyl (C=O) groups excluding carboxylic acids is 1. The summed E-state index contributed by atoms with van der Waals surface area (Å²) >= 11 is 9.96. The second kappa shape index (κ2) is 4.92. The minimum atomic E-state index is -1.71. The number of carbonyl (C=O) groups is 1. The second-order valence-electron chi connectivity index (χ2n) is 1.21. The van der Waals surface area contributed by atoms with E-state index in [1.807, 2.05) is 0 Å². The number of hydrogen-bond acceptors (Lipinski definition) is 2. The first-order chi connectivity index (χ1) is 4.13. The van der Waals surface area contributed by atoms with Crippen LogP contribution in [0.2, 0.25) is 0 Å². The molecule has 0 saturated heterocycles. The average molecular weight is 186 g/mol. The third kappa shape index (κ3) is 8.09. The first-order valence-corrected chi connectivity index (χ1v) is 4.82. The van der Waals surface area contributed by atoms with Crippen molar-refractivity contribution >= 4 is 35.2 Å². The van der Waals surface area contributed by atoms with Crippen LogP contribution in [0.3, 0.4) is 0 Å². The molecule has 0 N–H and O–H groups in total. The van der Waals surface area contributed by atoms with Crippen LogP contribution in [0.1, 0.15) is 0 Å². The molecule has 0 aromatic heterocycles. The first kappa shape index (κ1) is 9.09. The normalized spacial score (nSPS) is 12.0. The van der Waals surface area contributed by atoms with E-state index in [1.54, 1.807) is 0 Å². The van der Waals surface area contributed by atoms with Crippen LogP contribution in [0.5, 0.6) is 0 Å². The molecule has 9 heavy (non-hydrogen) atoms. The van der Waals surface area contributed by atoms with Crippen molar-refractivity contribution in [1.82, 2.24) is 0 Å². The van der Waals surface area contributed by atoms with Crippen molar-refractivity contribution in [3.8, 4) is 0 Å². The van der Waals surface area contributed by atoms with Crippen molar-refractivity contribution in [1.29, 1.82) is 0 Å². The molecule has 1 unspecified atom stereocenters. The summed E-state index contributed by atoms with van der Waals surface area (Å²) in [4.78, 5) is 9.97. The van der Waals surface area contributed by atoms with Gasteiger partial charge >= 0.3 is 7.15 Å².